The van der Waals surface area contributed by atoms with Crippen molar-refractivity contribution in [1.29, 1.82) is 0 Å². The zero-order valence-electron chi connectivity index (χ0n) is 35.8. The number of rotatable bonds is 11. The number of hydrogen-bond donors (Lipinski definition) is 2. The van der Waals surface area contributed by atoms with Gasteiger partial charge in [-0.1, -0.05) is 27.7 Å². The molecule has 0 radical (unpaired) electrons. The molecule has 2 atom stereocenters. The van der Waals surface area contributed by atoms with Gasteiger partial charge in [-0.05, 0) is 106 Å². The molecule has 0 aliphatic carbocycles. The summed E-state index contributed by atoms with van der Waals surface area (Å²) in [5.74, 6) is -0.323. The lowest BCUT2D eigenvalue weighted by Gasteiger charge is -2.25. The highest BCUT2D eigenvalue weighted by atomic mass is 19.1. The van der Waals surface area contributed by atoms with Crippen molar-refractivity contribution in [2.75, 3.05) is 13.2 Å². The highest BCUT2D eigenvalue weighted by Gasteiger charge is 2.23. The van der Waals surface area contributed by atoms with Gasteiger partial charge in [0.15, 0.2) is 23.1 Å². The number of pyridine rings is 4. The minimum absolute atomic E-state index is 0.0161. The molecule has 0 aliphatic rings. The third-order valence-electron chi connectivity index (χ3n) is 9.87. The molecular weight excluding hydrogens is 759 g/mol. The van der Waals surface area contributed by atoms with Crippen LogP contribution in [0.15, 0.2) is 58.4 Å². The van der Waals surface area contributed by atoms with Gasteiger partial charge in [-0.15, -0.1) is 0 Å². The molecule has 6 aromatic rings. The number of aryl methyl sites for hydroxylation is 4. The van der Waals surface area contributed by atoms with Crippen LogP contribution in [-0.2, 0) is 18.8 Å². The molecule has 0 bridgehead atoms. The van der Waals surface area contributed by atoms with Crippen LogP contribution in [0.3, 0.4) is 0 Å². The molecule has 0 unspecified atom stereocenters. The predicted octanol–water partition coefficient (Wildman–Crippen LogP) is 8.14. The molecule has 4 heterocycles. The Balaban J connectivity index is 0.000000230. The van der Waals surface area contributed by atoms with Gasteiger partial charge in [0.05, 0.1) is 39.2 Å². The summed E-state index contributed by atoms with van der Waals surface area (Å²) in [7, 11) is 3.10. The molecule has 316 valence electrons. The molecule has 0 saturated heterocycles. The molecular formula is C45H56F2N6O6. The molecule has 0 fully saturated rings. The minimum atomic E-state index is -0.626. The average molecular weight is 815 g/mol. The van der Waals surface area contributed by atoms with Crippen molar-refractivity contribution in [3.8, 4) is 11.5 Å². The van der Waals surface area contributed by atoms with E-state index in [0.717, 1.165) is 6.42 Å². The molecule has 14 heteroatoms. The number of ether oxygens (including phenoxy) is 3. The Morgan fingerprint density at radius 3 is 1.59 bits per heavy atom. The first-order valence-electron chi connectivity index (χ1n) is 19.8. The smallest absolute Gasteiger partial charge is 0.407 e. The summed E-state index contributed by atoms with van der Waals surface area (Å²) in [5, 5.41) is 6.39. The number of aromatic nitrogens is 4. The van der Waals surface area contributed by atoms with E-state index in [1.807, 2.05) is 13.8 Å². The largest absolute Gasteiger partial charge is 0.489 e. The van der Waals surface area contributed by atoms with Crippen molar-refractivity contribution in [3.63, 3.8) is 0 Å². The van der Waals surface area contributed by atoms with E-state index in [1.165, 1.54) is 16.2 Å². The van der Waals surface area contributed by atoms with Gasteiger partial charge >= 0.3 is 6.09 Å². The lowest BCUT2D eigenvalue weighted by atomic mass is 10.0. The summed E-state index contributed by atoms with van der Waals surface area (Å²) in [6.45, 7) is 17.4. The molecule has 2 aromatic carbocycles. The zero-order valence-corrected chi connectivity index (χ0v) is 35.8. The van der Waals surface area contributed by atoms with Crippen LogP contribution < -0.4 is 31.6 Å². The van der Waals surface area contributed by atoms with Crippen LogP contribution in [0.2, 0.25) is 0 Å². The van der Waals surface area contributed by atoms with Crippen LogP contribution in [0.1, 0.15) is 72.7 Å². The molecule has 4 aromatic heterocycles. The Labute approximate surface area is 342 Å². The molecule has 1 amide bonds. The highest BCUT2D eigenvalue weighted by molar-refractivity contribution is 6.07. The number of hydrogen-bond acceptors (Lipinski definition) is 9. The van der Waals surface area contributed by atoms with Crippen LogP contribution >= 0.6 is 0 Å². The van der Waals surface area contributed by atoms with Crippen molar-refractivity contribution < 1.29 is 27.8 Å². The fourth-order valence-electron chi connectivity index (χ4n) is 7.34. The Hall–Kier alpha value is -5.63. The van der Waals surface area contributed by atoms with Gasteiger partial charge in [-0.25, -0.2) is 13.6 Å². The van der Waals surface area contributed by atoms with Crippen LogP contribution in [0, 0.1) is 37.3 Å². The molecule has 59 heavy (non-hydrogen) atoms. The van der Waals surface area contributed by atoms with Crippen molar-refractivity contribution in [1.82, 2.24) is 24.4 Å². The van der Waals surface area contributed by atoms with E-state index in [9.17, 15) is 14.4 Å². The number of alkyl carbamates (subject to hydrolysis) is 1. The van der Waals surface area contributed by atoms with E-state index in [4.69, 9.17) is 19.9 Å². The second-order valence-electron chi connectivity index (χ2n) is 16.9. The SMILES string of the molecule is Cc1nccc2c1c(=O)n(C)c1c(F)c(OC[C@@H](N)CC(C)C)ccc21.Cc1nccc2c1c(=O)n(C)c1c(F)c(OC[C@H](CC(C)C)NC(=O)OC(C)(C)C)ccc21. The van der Waals surface area contributed by atoms with Gasteiger partial charge in [0, 0.05) is 43.3 Å². The zero-order chi connectivity index (χ0) is 43.5. The third-order valence-corrected chi connectivity index (χ3v) is 9.87. The first kappa shape index (κ1) is 44.5. The molecule has 0 aliphatic heterocycles. The fourth-order valence-corrected chi connectivity index (χ4v) is 7.34. The monoisotopic (exact) mass is 814 g/mol. The highest BCUT2D eigenvalue weighted by Crippen LogP contribution is 2.32. The Morgan fingerprint density at radius 2 is 1.17 bits per heavy atom. The lowest BCUT2D eigenvalue weighted by Crippen LogP contribution is -2.42. The number of amides is 1. The van der Waals surface area contributed by atoms with Crippen LogP contribution in [-0.4, -0.2) is 56.1 Å². The van der Waals surface area contributed by atoms with E-state index in [1.54, 1.807) is 90.5 Å². The van der Waals surface area contributed by atoms with Gasteiger partial charge in [0.25, 0.3) is 11.1 Å². The number of nitrogens with one attached hydrogen (secondary N) is 1. The van der Waals surface area contributed by atoms with Gasteiger partial charge in [0.2, 0.25) is 0 Å². The molecule has 0 saturated carbocycles. The average Bonchev–Trinajstić information content (AvgIpc) is 3.13. The normalized spacial score (nSPS) is 12.9. The maximum atomic E-state index is 15.5. The standard InChI is InChI=1S/C25H32FN3O4.C20H24FN3O2/c1-14(2)12-16(28-24(31)33-25(4,5)6)13-32-19-9-8-18-17-10-11-27-15(3)20(17)23(30)29(7)22(18)21(19)26;1-11(2)9-13(22)10-26-16-6-5-15-14-7-8-23-12(3)17(14)20(25)24(4)19(15)18(16)21/h8-11,14,16H,12-13H2,1-7H3,(H,28,31);5-8,11,13H,9-10,22H2,1-4H3/t16-;13-/m00/s1. The van der Waals surface area contributed by atoms with E-state index in [0.29, 0.717) is 56.0 Å². The first-order chi connectivity index (χ1) is 27.7. The Kier molecular flexibility index (Phi) is 13.6. The summed E-state index contributed by atoms with van der Waals surface area (Å²) >= 11 is 0. The Bertz CT molecular complexity index is 2630. The quantitative estimate of drug-likeness (QED) is 0.124. The number of halogens is 2. The minimum Gasteiger partial charge on any atom is -0.489 e. The second kappa shape index (κ2) is 18.1. The molecule has 6 rings (SSSR count). The fraction of sp³-hybridized carbons (Fsp3) is 0.444. The number of fused-ring (bicyclic) bond motifs is 6. The summed E-state index contributed by atoms with van der Waals surface area (Å²) in [5.41, 5.74) is 6.42. The number of carbonyl (C=O) groups is 1. The maximum absolute atomic E-state index is 15.5. The van der Waals surface area contributed by atoms with Crippen molar-refractivity contribution in [2.45, 2.75) is 92.8 Å². The number of nitrogens with zero attached hydrogens (tertiary/aromatic N) is 4. The predicted molar refractivity (Wildman–Crippen MR) is 229 cm³/mol. The van der Waals surface area contributed by atoms with Gasteiger partial charge in [-0.3, -0.25) is 19.6 Å². The summed E-state index contributed by atoms with van der Waals surface area (Å²) in [6.07, 6.45) is 4.12. The second-order valence-corrected chi connectivity index (χ2v) is 16.9. The van der Waals surface area contributed by atoms with Gasteiger partial charge in [-0.2, -0.15) is 0 Å². The lowest BCUT2D eigenvalue weighted by molar-refractivity contribution is 0.0479. The van der Waals surface area contributed by atoms with E-state index in [-0.39, 0.29) is 64.9 Å². The first-order valence-corrected chi connectivity index (χ1v) is 19.8. The maximum Gasteiger partial charge on any atom is 0.407 e. The van der Waals surface area contributed by atoms with Crippen LogP contribution in [0.25, 0.3) is 43.4 Å². The van der Waals surface area contributed by atoms with Crippen LogP contribution in [0.5, 0.6) is 11.5 Å². The molecule has 3 N–H and O–H groups in total. The van der Waals surface area contributed by atoms with Gasteiger partial charge < -0.3 is 34.4 Å². The van der Waals surface area contributed by atoms with Crippen molar-refractivity contribution in [2.24, 2.45) is 31.7 Å². The summed E-state index contributed by atoms with van der Waals surface area (Å²) in [4.78, 5) is 46.2. The Morgan fingerprint density at radius 1 is 0.729 bits per heavy atom. The molecule has 0 spiro atoms. The number of nitrogens with two attached hydrogens (primary N) is 1. The van der Waals surface area contributed by atoms with E-state index in [2.05, 4.69) is 29.1 Å². The third kappa shape index (κ3) is 9.98. The van der Waals surface area contributed by atoms with Crippen LogP contribution in [0.4, 0.5) is 13.6 Å². The van der Waals surface area contributed by atoms with E-state index >= 15 is 8.78 Å². The topological polar surface area (TPSA) is 153 Å². The molecule has 12 nitrogen and oxygen atoms in total. The van der Waals surface area contributed by atoms with E-state index < -0.39 is 23.3 Å². The summed E-state index contributed by atoms with van der Waals surface area (Å²) in [6, 6.07) is 9.59. The van der Waals surface area contributed by atoms with Crippen molar-refractivity contribution in [3.05, 3.63) is 92.5 Å². The summed E-state index contributed by atoms with van der Waals surface area (Å²) < 4.78 is 50.0. The van der Waals surface area contributed by atoms with Gasteiger partial charge in [0.1, 0.15) is 18.8 Å². The number of benzene rings is 2. The number of carbonyl (C=O) groups excluding carboxylic acids is 1. The van der Waals surface area contributed by atoms with Crippen molar-refractivity contribution >= 4 is 49.4 Å².